The second kappa shape index (κ2) is 6.60. The molecule has 0 fully saturated rings. The van der Waals surface area contributed by atoms with Crippen molar-refractivity contribution in [3.05, 3.63) is 51.5 Å². The summed E-state index contributed by atoms with van der Waals surface area (Å²) in [6.45, 7) is 5.93. The van der Waals surface area contributed by atoms with Gasteiger partial charge in [0, 0.05) is 43.9 Å². The van der Waals surface area contributed by atoms with Gasteiger partial charge in [0.2, 0.25) is 0 Å². The van der Waals surface area contributed by atoms with Gasteiger partial charge in [-0.2, -0.15) is 0 Å². The minimum Gasteiger partial charge on any atom is -0.480 e. The van der Waals surface area contributed by atoms with Crippen LogP contribution in [0.15, 0.2) is 23.1 Å². The van der Waals surface area contributed by atoms with Gasteiger partial charge in [0.1, 0.15) is 12.4 Å². The third-order valence-electron chi connectivity index (χ3n) is 4.33. The number of rotatable bonds is 5. The number of H-pyrrole nitrogens is 1. The first-order valence-electron chi connectivity index (χ1n) is 8.14. The second-order valence-corrected chi connectivity index (χ2v) is 6.51. The van der Waals surface area contributed by atoms with Crippen LogP contribution in [0.2, 0.25) is 0 Å². The normalized spacial score (nSPS) is 14.8. The first-order valence-corrected chi connectivity index (χ1v) is 8.14. The van der Waals surface area contributed by atoms with Crippen LogP contribution in [0.4, 0.5) is 0 Å². The lowest BCUT2D eigenvalue weighted by molar-refractivity contribution is -0.137. The van der Waals surface area contributed by atoms with Crippen molar-refractivity contribution < 1.29 is 9.90 Å². The molecule has 0 amide bonds. The minimum absolute atomic E-state index is 0.0490. The van der Waals surface area contributed by atoms with Crippen molar-refractivity contribution in [1.29, 1.82) is 0 Å². The van der Waals surface area contributed by atoms with Crippen molar-refractivity contribution in [2.75, 3.05) is 6.54 Å². The summed E-state index contributed by atoms with van der Waals surface area (Å²) in [7, 11) is 0. The van der Waals surface area contributed by atoms with E-state index >= 15 is 0 Å². The van der Waals surface area contributed by atoms with E-state index in [1.165, 1.54) is 0 Å². The number of aromatic amines is 1. The van der Waals surface area contributed by atoms with Crippen molar-refractivity contribution in [3.63, 3.8) is 0 Å². The standard InChI is InChI=1S/C17H22N4O3/c1-11(2)16-18-14-5-7-20(9-13(14)17(24)19-16)8-12-4-3-6-21(12)10-15(22)23/h3-4,6,11H,5,7-10H2,1-2H3,(H,22,23)(H,18,19,24). The maximum absolute atomic E-state index is 12.3. The Morgan fingerprint density at radius 2 is 2.25 bits per heavy atom. The molecule has 2 aromatic rings. The molecular weight excluding hydrogens is 308 g/mol. The Kier molecular flexibility index (Phi) is 4.53. The van der Waals surface area contributed by atoms with Gasteiger partial charge in [-0.05, 0) is 12.1 Å². The van der Waals surface area contributed by atoms with E-state index in [9.17, 15) is 9.59 Å². The maximum atomic E-state index is 12.3. The minimum atomic E-state index is -0.863. The van der Waals surface area contributed by atoms with Crippen molar-refractivity contribution in [2.45, 2.75) is 45.8 Å². The summed E-state index contributed by atoms with van der Waals surface area (Å²) in [6.07, 6.45) is 2.50. The highest BCUT2D eigenvalue weighted by atomic mass is 16.4. The van der Waals surface area contributed by atoms with Gasteiger partial charge >= 0.3 is 5.97 Å². The van der Waals surface area contributed by atoms with Gasteiger partial charge in [0.05, 0.1) is 11.3 Å². The van der Waals surface area contributed by atoms with E-state index in [1.54, 1.807) is 10.8 Å². The van der Waals surface area contributed by atoms with Gasteiger partial charge in [-0.3, -0.25) is 14.5 Å². The Hall–Kier alpha value is -2.41. The zero-order valence-corrected chi connectivity index (χ0v) is 14.0. The fourth-order valence-electron chi connectivity index (χ4n) is 3.03. The summed E-state index contributed by atoms with van der Waals surface area (Å²) >= 11 is 0. The molecule has 0 saturated carbocycles. The molecule has 1 aliphatic rings. The Morgan fingerprint density at radius 3 is 2.96 bits per heavy atom. The van der Waals surface area contributed by atoms with Crippen LogP contribution in [0.25, 0.3) is 0 Å². The third kappa shape index (κ3) is 3.41. The van der Waals surface area contributed by atoms with Crippen LogP contribution in [0.5, 0.6) is 0 Å². The fourth-order valence-corrected chi connectivity index (χ4v) is 3.03. The smallest absolute Gasteiger partial charge is 0.323 e. The number of aromatic nitrogens is 3. The highest BCUT2D eigenvalue weighted by Crippen LogP contribution is 2.18. The van der Waals surface area contributed by atoms with Crippen LogP contribution in [0.1, 0.15) is 42.5 Å². The molecule has 7 nitrogen and oxygen atoms in total. The zero-order chi connectivity index (χ0) is 17.3. The molecule has 0 saturated heterocycles. The molecule has 2 N–H and O–H groups in total. The number of carboxylic acids is 1. The average Bonchev–Trinajstić information content (AvgIpc) is 2.93. The molecule has 0 aliphatic carbocycles. The third-order valence-corrected chi connectivity index (χ3v) is 4.33. The van der Waals surface area contributed by atoms with Crippen LogP contribution in [-0.2, 0) is 30.8 Å². The predicted molar refractivity (Wildman–Crippen MR) is 88.8 cm³/mol. The van der Waals surface area contributed by atoms with Crippen molar-refractivity contribution >= 4 is 5.97 Å². The van der Waals surface area contributed by atoms with E-state index < -0.39 is 5.97 Å². The first-order chi connectivity index (χ1) is 11.4. The number of carboxylic acid groups (broad SMARTS) is 1. The zero-order valence-electron chi connectivity index (χ0n) is 14.0. The van der Waals surface area contributed by atoms with Crippen LogP contribution >= 0.6 is 0 Å². The quantitative estimate of drug-likeness (QED) is 0.863. The Balaban J connectivity index is 1.77. The summed E-state index contributed by atoms with van der Waals surface area (Å²) in [6, 6.07) is 3.77. The van der Waals surface area contributed by atoms with Crippen LogP contribution in [0, 0.1) is 0 Å². The van der Waals surface area contributed by atoms with Gasteiger partial charge in [-0.15, -0.1) is 0 Å². The fraction of sp³-hybridized carbons (Fsp3) is 0.471. The van der Waals surface area contributed by atoms with Crippen LogP contribution in [0.3, 0.4) is 0 Å². The Morgan fingerprint density at radius 1 is 1.46 bits per heavy atom. The molecule has 1 aliphatic heterocycles. The number of hydrogen-bond acceptors (Lipinski definition) is 4. The summed E-state index contributed by atoms with van der Waals surface area (Å²) in [5.41, 5.74) is 2.49. The molecule has 3 heterocycles. The number of aliphatic carboxylic acids is 1. The average molecular weight is 330 g/mol. The molecule has 128 valence electrons. The van der Waals surface area contributed by atoms with Crippen molar-refractivity contribution in [1.82, 2.24) is 19.4 Å². The summed E-state index contributed by atoms with van der Waals surface area (Å²) in [5, 5.41) is 8.96. The first kappa shape index (κ1) is 16.4. The molecule has 2 aromatic heterocycles. The topological polar surface area (TPSA) is 91.2 Å². The Labute approximate surface area is 140 Å². The van der Waals surface area contributed by atoms with Gasteiger partial charge in [0.15, 0.2) is 0 Å². The van der Waals surface area contributed by atoms with Crippen LogP contribution in [-0.4, -0.2) is 37.1 Å². The maximum Gasteiger partial charge on any atom is 0.323 e. The van der Waals surface area contributed by atoms with Gasteiger partial charge in [0.25, 0.3) is 5.56 Å². The van der Waals surface area contributed by atoms with Crippen LogP contribution < -0.4 is 5.56 Å². The van der Waals surface area contributed by atoms with Crippen molar-refractivity contribution in [3.8, 4) is 0 Å². The SMILES string of the molecule is CC(C)c1nc2c(c(=O)[nH]1)CN(Cc1cccn1CC(=O)O)CC2. The molecule has 0 aromatic carbocycles. The number of fused-ring (bicyclic) bond motifs is 1. The van der Waals surface area contributed by atoms with Crippen molar-refractivity contribution in [2.24, 2.45) is 0 Å². The summed E-state index contributed by atoms with van der Waals surface area (Å²) in [4.78, 5) is 32.9. The highest BCUT2D eigenvalue weighted by molar-refractivity contribution is 5.66. The lowest BCUT2D eigenvalue weighted by atomic mass is 10.1. The summed E-state index contributed by atoms with van der Waals surface area (Å²) in [5.74, 6) is 0.0705. The number of carbonyl (C=O) groups is 1. The monoisotopic (exact) mass is 330 g/mol. The molecule has 3 rings (SSSR count). The van der Waals surface area contributed by atoms with Gasteiger partial charge in [-0.1, -0.05) is 13.8 Å². The van der Waals surface area contributed by atoms with E-state index in [0.717, 1.165) is 35.7 Å². The second-order valence-electron chi connectivity index (χ2n) is 6.51. The molecule has 0 radical (unpaired) electrons. The summed E-state index contributed by atoms with van der Waals surface area (Å²) < 4.78 is 1.72. The van der Waals surface area contributed by atoms with E-state index in [0.29, 0.717) is 13.1 Å². The highest BCUT2D eigenvalue weighted by Gasteiger charge is 2.22. The lowest BCUT2D eigenvalue weighted by Crippen LogP contribution is -2.36. The molecule has 0 unspecified atom stereocenters. The molecule has 0 bridgehead atoms. The Bertz CT molecular complexity index is 806. The van der Waals surface area contributed by atoms with E-state index in [-0.39, 0.29) is 18.0 Å². The molecular formula is C17H22N4O3. The molecule has 0 spiro atoms. The predicted octanol–water partition coefficient (Wildman–Crippen LogP) is 1.34. The molecule has 7 heteroatoms. The largest absolute Gasteiger partial charge is 0.480 e. The van der Waals surface area contributed by atoms with E-state index in [1.807, 2.05) is 26.0 Å². The van der Waals surface area contributed by atoms with Gasteiger partial charge < -0.3 is 14.7 Å². The lowest BCUT2D eigenvalue weighted by Gasteiger charge is -2.28. The van der Waals surface area contributed by atoms with E-state index in [4.69, 9.17) is 5.11 Å². The van der Waals surface area contributed by atoms with E-state index in [2.05, 4.69) is 14.9 Å². The number of nitrogens with zero attached hydrogens (tertiary/aromatic N) is 3. The molecule has 24 heavy (non-hydrogen) atoms. The van der Waals surface area contributed by atoms with Gasteiger partial charge in [-0.25, -0.2) is 4.98 Å². The number of nitrogens with one attached hydrogen (secondary N) is 1. The molecule has 0 atom stereocenters. The number of hydrogen-bond donors (Lipinski definition) is 2.